The highest BCUT2D eigenvalue weighted by Crippen LogP contribution is 2.17. The van der Waals surface area contributed by atoms with Gasteiger partial charge in [0.2, 0.25) is 0 Å². The van der Waals surface area contributed by atoms with Crippen molar-refractivity contribution in [1.82, 2.24) is 10.3 Å². The van der Waals surface area contributed by atoms with Crippen LogP contribution in [0, 0.1) is 0 Å². The Morgan fingerprint density at radius 3 is 3.18 bits per heavy atom. The van der Waals surface area contributed by atoms with Crippen LogP contribution in [0.2, 0.25) is 0 Å². The summed E-state index contributed by atoms with van der Waals surface area (Å²) in [5.74, 6) is 1.93. The molecule has 0 unspecified atom stereocenters. The number of anilines is 1. The molecule has 1 heterocycles. The van der Waals surface area contributed by atoms with Gasteiger partial charge in [-0.1, -0.05) is 6.08 Å². The van der Waals surface area contributed by atoms with Crippen molar-refractivity contribution < 1.29 is 4.79 Å². The molecule has 0 aromatic carbocycles. The van der Waals surface area contributed by atoms with Crippen molar-refractivity contribution in [3.05, 3.63) is 35.0 Å². The van der Waals surface area contributed by atoms with Crippen LogP contribution in [0.4, 0.5) is 5.82 Å². The number of nitrogen functional groups attached to an aromatic ring is 1. The third-order valence-corrected chi connectivity index (χ3v) is 3.48. The molecule has 1 amide bonds. The summed E-state index contributed by atoms with van der Waals surface area (Å²) in [5, 5.41) is 2.82. The number of hydrogen-bond donors (Lipinski definition) is 2. The lowest BCUT2D eigenvalue weighted by molar-refractivity contribution is 0.0955. The van der Waals surface area contributed by atoms with Gasteiger partial charge < -0.3 is 11.1 Å². The molecule has 0 aliphatic carbocycles. The summed E-state index contributed by atoms with van der Waals surface area (Å²) < 4.78 is 0.642. The topological polar surface area (TPSA) is 68.0 Å². The van der Waals surface area contributed by atoms with Crippen molar-refractivity contribution in [2.45, 2.75) is 0 Å². The molecule has 0 saturated heterocycles. The zero-order valence-electron chi connectivity index (χ0n) is 9.28. The summed E-state index contributed by atoms with van der Waals surface area (Å²) >= 11 is 4.98. The van der Waals surface area contributed by atoms with Gasteiger partial charge in [0.25, 0.3) is 5.91 Å². The number of carbonyl (C=O) groups excluding carboxylic acids is 1. The van der Waals surface area contributed by atoms with Crippen LogP contribution in [0.3, 0.4) is 0 Å². The molecule has 0 fully saturated rings. The number of thioether (sulfide) groups is 1. The molecule has 0 radical (unpaired) electrons. The number of halogens is 1. The minimum Gasteiger partial charge on any atom is -0.384 e. The van der Waals surface area contributed by atoms with Gasteiger partial charge in [0.05, 0.1) is 5.56 Å². The van der Waals surface area contributed by atoms with Crippen LogP contribution in [-0.4, -0.2) is 28.9 Å². The standard InChI is InChI=1S/C11H14BrN3OS/c1-2-4-17-5-3-14-11(16)8-6-10(13)15-7-9(8)12/h2,6-7H,1,3-5H2,(H2,13,15)(H,14,16). The molecule has 6 heteroatoms. The number of carbonyl (C=O) groups is 1. The van der Waals surface area contributed by atoms with E-state index in [4.69, 9.17) is 5.73 Å². The Labute approximate surface area is 113 Å². The second-order valence-electron chi connectivity index (χ2n) is 3.21. The number of amides is 1. The van der Waals surface area contributed by atoms with E-state index in [9.17, 15) is 4.79 Å². The minimum atomic E-state index is -0.148. The lowest BCUT2D eigenvalue weighted by atomic mass is 10.2. The molecule has 17 heavy (non-hydrogen) atoms. The van der Waals surface area contributed by atoms with E-state index in [1.807, 2.05) is 6.08 Å². The molecule has 0 aliphatic rings. The van der Waals surface area contributed by atoms with Crippen LogP contribution in [-0.2, 0) is 0 Å². The Kier molecular flexibility index (Phi) is 6.07. The molecule has 0 saturated carbocycles. The maximum atomic E-state index is 11.8. The average molecular weight is 316 g/mol. The predicted octanol–water partition coefficient (Wildman–Crippen LogP) is 2.08. The average Bonchev–Trinajstić information content (AvgIpc) is 2.32. The molecule has 0 atom stereocenters. The summed E-state index contributed by atoms with van der Waals surface area (Å²) in [5.41, 5.74) is 6.04. The normalized spacial score (nSPS) is 9.94. The molecular formula is C11H14BrN3OS. The molecular weight excluding hydrogens is 302 g/mol. The van der Waals surface area contributed by atoms with Crippen molar-refractivity contribution in [1.29, 1.82) is 0 Å². The lowest BCUT2D eigenvalue weighted by Crippen LogP contribution is -2.26. The highest BCUT2D eigenvalue weighted by atomic mass is 79.9. The van der Waals surface area contributed by atoms with E-state index < -0.39 is 0 Å². The first-order valence-electron chi connectivity index (χ1n) is 5.03. The summed E-state index contributed by atoms with van der Waals surface area (Å²) in [6.07, 6.45) is 3.36. The third-order valence-electron chi connectivity index (χ3n) is 1.89. The van der Waals surface area contributed by atoms with Crippen molar-refractivity contribution in [3.63, 3.8) is 0 Å². The number of rotatable bonds is 6. The van der Waals surface area contributed by atoms with Crippen LogP contribution in [0.25, 0.3) is 0 Å². The number of nitrogens with zero attached hydrogens (tertiary/aromatic N) is 1. The molecule has 3 N–H and O–H groups in total. The van der Waals surface area contributed by atoms with Gasteiger partial charge in [-0.05, 0) is 22.0 Å². The molecule has 0 bridgehead atoms. The Balaban J connectivity index is 2.46. The monoisotopic (exact) mass is 315 g/mol. The lowest BCUT2D eigenvalue weighted by Gasteiger charge is -2.06. The van der Waals surface area contributed by atoms with Gasteiger partial charge in [0.15, 0.2) is 0 Å². The van der Waals surface area contributed by atoms with E-state index in [-0.39, 0.29) is 5.91 Å². The first-order valence-corrected chi connectivity index (χ1v) is 6.97. The van der Waals surface area contributed by atoms with Crippen LogP contribution in [0.5, 0.6) is 0 Å². The van der Waals surface area contributed by atoms with Gasteiger partial charge in [0.1, 0.15) is 5.82 Å². The molecule has 92 valence electrons. The van der Waals surface area contributed by atoms with Gasteiger partial charge in [-0.15, -0.1) is 6.58 Å². The molecule has 1 rings (SSSR count). The van der Waals surface area contributed by atoms with Crippen molar-refractivity contribution >= 4 is 39.4 Å². The van der Waals surface area contributed by atoms with E-state index in [1.54, 1.807) is 17.8 Å². The third kappa shape index (κ3) is 4.79. The van der Waals surface area contributed by atoms with Crippen LogP contribution >= 0.6 is 27.7 Å². The van der Waals surface area contributed by atoms with Crippen molar-refractivity contribution in [2.75, 3.05) is 23.8 Å². The molecule has 0 aliphatic heterocycles. The Morgan fingerprint density at radius 2 is 2.47 bits per heavy atom. The van der Waals surface area contributed by atoms with Crippen molar-refractivity contribution in [2.24, 2.45) is 0 Å². The van der Waals surface area contributed by atoms with Crippen LogP contribution < -0.4 is 11.1 Å². The second-order valence-corrected chi connectivity index (χ2v) is 5.21. The number of nitrogens with two attached hydrogens (primary N) is 1. The van der Waals surface area contributed by atoms with Crippen molar-refractivity contribution in [3.8, 4) is 0 Å². The molecule has 1 aromatic rings. The van der Waals surface area contributed by atoms with Crippen LogP contribution in [0.15, 0.2) is 29.4 Å². The molecule has 1 aromatic heterocycles. The smallest absolute Gasteiger partial charge is 0.252 e. The largest absolute Gasteiger partial charge is 0.384 e. The highest BCUT2D eigenvalue weighted by Gasteiger charge is 2.10. The first-order chi connectivity index (χ1) is 8.15. The summed E-state index contributed by atoms with van der Waals surface area (Å²) in [4.78, 5) is 15.7. The van der Waals surface area contributed by atoms with Gasteiger partial charge >= 0.3 is 0 Å². The Morgan fingerprint density at radius 1 is 1.71 bits per heavy atom. The number of nitrogens with one attached hydrogen (secondary N) is 1. The summed E-state index contributed by atoms with van der Waals surface area (Å²) in [6, 6.07) is 1.55. The van der Waals surface area contributed by atoms with E-state index in [0.717, 1.165) is 11.5 Å². The fourth-order valence-electron chi connectivity index (χ4n) is 1.13. The SMILES string of the molecule is C=CCSCCNC(=O)c1cc(N)ncc1Br. The Bertz CT molecular complexity index is 412. The zero-order valence-corrected chi connectivity index (χ0v) is 11.7. The summed E-state index contributed by atoms with van der Waals surface area (Å²) in [7, 11) is 0. The Hall–Kier alpha value is -1.01. The van der Waals surface area contributed by atoms with E-state index >= 15 is 0 Å². The minimum absolute atomic E-state index is 0.148. The molecule has 0 spiro atoms. The van der Waals surface area contributed by atoms with Gasteiger partial charge in [-0.25, -0.2) is 4.98 Å². The van der Waals surface area contributed by atoms with Gasteiger partial charge in [0, 0.05) is 28.7 Å². The zero-order chi connectivity index (χ0) is 12.7. The van der Waals surface area contributed by atoms with E-state index in [0.29, 0.717) is 22.4 Å². The van der Waals surface area contributed by atoms with Gasteiger partial charge in [-0.2, -0.15) is 11.8 Å². The number of aromatic nitrogens is 1. The predicted molar refractivity (Wildman–Crippen MR) is 76.2 cm³/mol. The fraction of sp³-hybridized carbons (Fsp3) is 0.273. The maximum Gasteiger partial charge on any atom is 0.252 e. The summed E-state index contributed by atoms with van der Waals surface area (Å²) in [6.45, 7) is 4.24. The van der Waals surface area contributed by atoms with E-state index in [1.165, 1.54) is 6.20 Å². The number of hydrogen-bond acceptors (Lipinski definition) is 4. The van der Waals surface area contributed by atoms with Crippen LogP contribution in [0.1, 0.15) is 10.4 Å². The van der Waals surface area contributed by atoms with Gasteiger partial charge in [-0.3, -0.25) is 4.79 Å². The second kappa shape index (κ2) is 7.34. The number of pyridine rings is 1. The molecule has 4 nitrogen and oxygen atoms in total. The highest BCUT2D eigenvalue weighted by molar-refractivity contribution is 9.10. The quantitative estimate of drug-likeness (QED) is 0.623. The van der Waals surface area contributed by atoms with E-state index in [2.05, 4.69) is 32.8 Å². The first kappa shape index (κ1) is 14.1. The fourth-order valence-corrected chi connectivity index (χ4v) is 2.10. The maximum absolute atomic E-state index is 11.8.